The van der Waals surface area contributed by atoms with Crippen molar-refractivity contribution in [3.05, 3.63) is 33.8 Å². The number of carbonyl (C=O) groups is 2. The molecule has 98 valence electrons. The Labute approximate surface area is 115 Å². The molecule has 5 nitrogen and oxygen atoms in total. The predicted molar refractivity (Wildman–Crippen MR) is 70.9 cm³/mol. The fourth-order valence-electron chi connectivity index (χ4n) is 1.18. The van der Waals surface area contributed by atoms with Gasteiger partial charge >= 0.3 is 0 Å². The highest BCUT2D eigenvalue weighted by atomic mass is 35.5. The van der Waals surface area contributed by atoms with Gasteiger partial charge in [-0.05, 0) is 25.2 Å². The second-order valence-electron chi connectivity index (χ2n) is 3.44. The first kappa shape index (κ1) is 14.8. The second-order valence-corrected chi connectivity index (χ2v) is 4.28. The third-order valence-electron chi connectivity index (χ3n) is 2.04. The molecule has 0 fully saturated rings. The minimum absolute atomic E-state index is 0.122. The van der Waals surface area contributed by atoms with Gasteiger partial charge in [-0.25, -0.2) is 0 Å². The summed E-state index contributed by atoms with van der Waals surface area (Å²) in [4.78, 5) is 23.0. The van der Waals surface area contributed by atoms with E-state index in [4.69, 9.17) is 23.2 Å². The van der Waals surface area contributed by atoms with E-state index >= 15 is 0 Å². The Hall–Kier alpha value is -1.30. The van der Waals surface area contributed by atoms with Gasteiger partial charge in [-0.2, -0.15) is 0 Å². The van der Waals surface area contributed by atoms with Gasteiger partial charge in [-0.3, -0.25) is 9.59 Å². The van der Waals surface area contributed by atoms with E-state index < -0.39 is 5.91 Å². The van der Waals surface area contributed by atoms with Crippen molar-refractivity contribution < 1.29 is 9.59 Å². The lowest BCUT2D eigenvalue weighted by molar-refractivity contribution is -0.120. The molecule has 18 heavy (non-hydrogen) atoms. The highest BCUT2D eigenvalue weighted by molar-refractivity contribution is 6.35. The smallest absolute Gasteiger partial charge is 0.253 e. The van der Waals surface area contributed by atoms with Gasteiger partial charge in [-0.1, -0.05) is 23.2 Å². The van der Waals surface area contributed by atoms with Gasteiger partial charge < -0.3 is 16.0 Å². The van der Waals surface area contributed by atoms with Gasteiger partial charge in [0.25, 0.3) is 5.91 Å². The molecule has 0 spiro atoms. The van der Waals surface area contributed by atoms with Crippen LogP contribution in [-0.2, 0) is 4.79 Å². The molecule has 0 radical (unpaired) electrons. The monoisotopic (exact) mass is 289 g/mol. The van der Waals surface area contributed by atoms with Gasteiger partial charge in [-0.15, -0.1) is 0 Å². The van der Waals surface area contributed by atoms with Crippen LogP contribution in [0.15, 0.2) is 18.2 Å². The molecule has 0 heterocycles. The van der Waals surface area contributed by atoms with Crippen molar-refractivity contribution in [2.75, 3.05) is 20.3 Å². The Kier molecular flexibility index (Phi) is 5.91. The maximum atomic E-state index is 11.7. The molecule has 0 aliphatic rings. The summed E-state index contributed by atoms with van der Waals surface area (Å²) < 4.78 is 0. The van der Waals surface area contributed by atoms with Crippen LogP contribution >= 0.6 is 23.2 Å². The maximum absolute atomic E-state index is 11.7. The van der Waals surface area contributed by atoms with Crippen molar-refractivity contribution in [3.63, 3.8) is 0 Å². The molecule has 0 aromatic heterocycles. The van der Waals surface area contributed by atoms with Crippen molar-refractivity contribution in [2.45, 2.75) is 0 Å². The molecule has 7 heteroatoms. The number of amides is 2. The topological polar surface area (TPSA) is 70.2 Å². The second kappa shape index (κ2) is 7.20. The molecule has 3 N–H and O–H groups in total. The van der Waals surface area contributed by atoms with Gasteiger partial charge in [0.15, 0.2) is 0 Å². The molecule has 1 rings (SSSR count). The molecule has 2 amide bonds. The van der Waals surface area contributed by atoms with Crippen LogP contribution in [0.2, 0.25) is 10.0 Å². The fourth-order valence-corrected chi connectivity index (χ4v) is 1.55. The highest BCUT2D eigenvalue weighted by Crippen LogP contribution is 2.20. The SMILES string of the molecule is CNCNC(=O)CNC(=O)c1cc(Cl)ccc1Cl. The van der Waals surface area contributed by atoms with E-state index in [0.29, 0.717) is 11.7 Å². The Morgan fingerprint density at radius 3 is 2.61 bits per heavy atom. The molecule has 0 unspecified atom stereocenters. The Morgan fingerprint density at radius 1 is 1.22 bits per heavy atom. The van der Waals surface area contributed by atoms with Crippen LogP contribution in [0.3, 0.4) is 0 Å². The number of rotatable bonds is 5. The van der Waals surface area contributed by atoms with Gasteiger partial charge in [0, 0.05) is 5.02 Å². The molecule has 0 saturated carbocycles. The summed E-state index contributed by atoms with van der Waals surface area (Å²) in [7, 11) is 1.70. The molecule has 1 aromatic carbocycles. The quantitative estimate of drug-likeness (QED) is 0.709. The lowest BCUT2D eigenvalue weighted by Gasteiger charge is -2.07. The zero-order valence-electron chi connectivity index (χ0n) is 9.72. The van der Waals surface area contributed by atoms with E-state index in [-0.39, 0.29) is 23.0 Å². The van der Waals surface area contributed by atoms with E-state index in [1.165, 1.54) is 12.1 Å². The van der Waals surface area contributed by atoms with E-state index in [1.54, 1.807) is 13.1 Å². The van der Waals surface area contributed by atoms with Crippen LogP contribution in [0.4, 0.5) is 0 Å². The molecular formula is C11H13Cl2N3O2. The van der Waals surface area contributed by atoms with E-state index in [2.05, 4.69) is 16.0 Å². The van der Waals surface area contributed by atoms with Crippen LogP contribution in [-0.4, -0.2) is 32.1 Å². The molecule has 0 saturated heterocycles. The number of benzene rings is 1. The molecule has 0 bridgehead atoms. The van der Waals surface area contributed by atoms with Crippen molar-refractivity contribution in [1.82, 2.24) is 16.0 Å². The lowest BCUT2D eigenvalue weighted by Crippen LogP contribution is -2.40. The van der Waals surface area contributed by atoms with Crippen LogP contribution < -0.4 is 16.0 Å². The number of hydrogen-bond donors (Lipinski definition) is 3. The van der Waals surface area contributed by atoms with Crippen LogP contribution in [0.1, 0.15) is 10.4 Å². The first-order chi connectivity index (χ1) is 8.54. The first-order valence-corrected chi connectivity index (χ1v) is 5.94. The van der Waals surface area contributed by atoms with E-state index in [1.807, 2.05) is 0 Å². The summed E-state index contributed by atoms with van der Waals surface area (Å²) in [6.07, 6.45) is 0. The standard InChI is InChI=1S/C11H13Cl2N3O2/c1-14-6-16-10(17)5-15-11(18)8-4-7(12)2-3-9(8)13/h2-4,14H,5-6H2,1H3,(H,15,18)(H,16,17). The van der Waals surface area contributed by atoms with E-state index in [0.717, 1.165) is 0 Å². The summed E-state index contributed by atoms with van der Waals surface area (Å²) in [6, 6.07) is 4.56. The van der Waals surface area contributed by atoms with Crippen molar-refractivity contribution in [1.29, 1.82) is 0 Å². The van der Waals surface area contributed by atoms with Crippen LogP contribution in [0.5, 0.6) is 0 Å². The normalized spacial score (nSPS) is 9.94. The average Bonchev–Trinajstić information content (AvgIpc) is 2.36. The minimum atomic E-state index is -0.442. The fraction of sp³-hybridized carbons (Fsp3) is 0.273. The first-order valence-electron chi connectivity index (χ1n) is 5.19. The third kappa shape index (κ3) is 4.52. The number of nitrogens with one attached hydrogen (secondary N) is 3. The number of halogens is 2. The Bertz CT molecular complexity index is 452. The van der Waals surface area contributed by atoms with Gasteiger partial charge in [0.2, 0.25) is 5.91 Å². The molecule has 1 aromatic rings. The maximum Gasteiger partial charge on any atom is 0.253 e. The molecular weight excluding hydrogens is 277 g/mol. The van der Waals surface area contributed by atoms with Gasteiger partial charge in [0.05, 0.1) is 23.8 Å². The lowest BCUT2D eigenvalue weighted by atomic mass is 10.2. The summed E-state index contributed by atoms with van der Waals surface area (Å²) >= 11 is 11.6. The van der Waals surface area contributed by atoms with Crippen LogP contribution in [0, 0.1) is 0 Å². The number of hydrogen-bond acceptors (Lipinski definition) is 3. The molecule has 0 atom stereocenters. The summed E-state index contributed by atoms with van der Waals surface area (Å²) in [5, 5.41) is 8.44. The summed E-state index contributed by atoms with van der Waals surface area (Å²) in [5.41, 5.74) is 0.241. The zero-order valence-corrected chi connectivity index (χ0v) is 11.2. The minimum Gasteiger partial charge on any atom is -0.343 e. The molecule has 0 aliphatic carbocycles. The highest BCUT2D eigenvalue weighted by Gasteiger charge is 2.11. The third-order valence-corrected chi connectivity index (χ3v) is 2.61. The molecule has 0 aliphatic heterocycles. The Morgan fingerprint density at radius 2 is 1.94 bits per heavy atom. The van der Waals surface area contributed by atoms with Crippen molar-refractivity contribution >= 4 is 35.0 Å². The largest absolute Gasteiger partial charge is 0.343 e. The zero-order chi connectivity index (χ0) is 13.5. The average molecular weight is 290 g/mol. The summed E-state index contributed by atoms with van der Waals surface area (Å²) in [5.74, 6) is -0.738. The summed E-state index contributed by atoms with van der Waals surface area (Å²) in [6.45, 7) is 0.218. The Balaban J connectivity index is 2.55. The van der Waals surface area contributed by atoms with Crippen molar-refractivity contribution in [3.8, 4) is 0 Å². The van der Waals surface area contributed by atoms with Crippen molar-refractivity contribution in [2.24, 2.45) is 0 Å². The van der Waals surface area contributed by atoms with Crippen LogP contribution in [0.25, 0.3) is 0 Å². The van der Waals surface area contributed by atoms with E-state index in [9.17, 15) is 9.59 Å². The van der Waals surface area contributed by atoms with Gasteiger partial charge in [0.1, 0.15) is 0 Å². The number of carbonyl (C=O) groups excluding carboxylic acids is 2. The predicted octanol–water partition coefficient (Wildman–Crippen LogP) is 1.02.